The van der Waals surface area contributed by atoms with Gasteiger partial charge in [0, 0.05) is 18.1 Å². The SMILES string of the molecule is CC1CCN(c2nc3ccccc3nc2NS(=O)(=O)c2cccc(Cl)c2)CC1O. The average Bonchev–Trinajstić information content (AvgIpc) is 2.69. The summed E-state index contributed by atoms with van der Waals surface area (Å²) in [6.45, 7) is 3.01. The van der Waals surface area contributed by atoms with Gasteiger partial charge in [-0.25, -0.2) is 18.4 Å². The Balaban J connectivity index is 1.78. The van der Waals surface area contributed by atoms with E-state index in [0.717, 1.165) is 6.42 Å². The van der Waals surface area contributed by atoms with Crippen molar-refractivity contribution in [1.29, 1.82) is 0 Å². The van der Waals surface area contributed by atoms with Crippen LogP contribution in [0.1, 0.15) is 13.3 Å². The van der Waals surface area contributed by atoms with E-state index in [1.54, 1.807) is 18.2 Å². The molecule has 0 bridgehead atoms. The highest BCUT2D eigenvalue weighted by Crippen LogP contribution is 2.30. The van der Waals surface area contributed by atoms with E-state index in [1.807, 2.05) is 30.0 Å². The first-order valence-corrected chi connectivity index (χ1v) is 11.2. The number of β-amino-alcohol motifs (C(OH)–C–C–N with tert-alkyl or cyclic N) is 1. The van der Waals surface area contributed by atoms with E-state index in [-0.39, 0.29) is 16.6 Å². The lowest BCUT2D eigenvalue weighted by atomic mass is 9.96. The minimum Gasteiger partial charge on any atom is -0.391 e. The molecule has 2 atom stereocenters. The molecular formula is C20H21ClN4O3S. The van der Waals surface area contributed by atoms with Crippen LogP contribution < -0.4 is 9.62 Å². The first kappa shape index (κ1) is 19.9. The van der Waals surface area contributed by atoms with Crippen LogP contribution >= 0.6 is 11.6 Å². The zero-order valence-corrected chi connectivity index (χ0v) is 17.4. The standard InChI is InChI=1S/C20H21ClN4O3S/c1-13-9-10-25(12-18(13)26)20-19(22-16-7-2-3-8-17(16)23-20)24-29(27,28)15-6-4-5-14(21)11-15/h2-8,11,13,18,26H,9-10,12H2,1H3,(H,22,24). The first-order valence-electron chi connectivity index (χ1n) is 9.32. The zero-order valence-electron chi connectivity index (χ0n) is 15.8. The topological polar surface area (TPSA) is 95.4 Å². The summed E-state index contributed by atoms with van der Waals surface area (Å²) < 4.78 is 28.4. The van der Waals surface area contributed by atoms with E-state index in [4.69, 9.17) is 11.6 Å². The third-order valence-corrected chi connectivity index (χ3v) is 6.68. The lowest BCUT2D eigenvalue weighted by Crippen LogP contribution is -2.43. The van der Waals surface area contributed by atoms with Gasteiger partial charge in [-0.15, -0.1) is 0 Å². The van der Waals surface area contributed by atoms with Crippen LogP contribution in [0, 0.1) is 5.92 Å². The number of benzene rings is 2. The van der Waals surface area contributed by atoms with Crippen molar-refractivity contribution in [1.82, 2.24) is 9.97 Å². The van der Waals surface area contributed by atoms with E-state index in [2.05, 4.69) is 14.7 Å². The fourth-order valence-corrected chi connectivity index (χ4v) is 4.65. The van der Waals surface area contributed by atoms with Crippen molar-refractivity contribution in [3.05, 3.63) is 53.6 Å². The monoisotopic (exact) mass is 432 g/mol. The highest BCUT2D eigenvalue weighted by molar-refractivity contribution is 7.92. The number of rotatable bonds is 4. The van der Waals surface area contributed by atoms with Crippen molar-refractivity contribution in [2.45, 2.75) is 24.3 Å². The molecule has 29 heavy (non-hydrogen) atoms. The van der Waals surface area contributed by atoms with Gasteiger partial charge in [0.2, 0.25) is 0 Å². The minimum absolute atomic E-state index is 0.0400. The van der Waals surface area contributed by atoms with Crippen LogP contribution in [0.25, 0.3) is 11.0 Å². The molecule has 1 aromatic heterocycles. The van der Waals surface area contributed by atoms with E-state index in [9.17, 15) is 13.5 Å². The number of aliphatic hydroxyl groups is 1. The van der Waals surface area contributed by atoms with Gasteiger partial charge in [-0.3, -0.25) is 4.72 Å². The first-order chi connectivity index (χ1) is 13.8. The quantitative estimate of drug-likeness (QED) is 0.656. The van der Waals surface area contributed by atoms with Crippen molar-refractivity contribution in [2.75, 3.05) is 22.7 Å². The minimum atomic E-state index is -3.92. The molecule has 0 radical (unpaired) electrons. The number of anilines is 2. The predicted molar refractivity (Wildman–Crippen MR) is 114 cm³/mol. The van der Waals surface area contributed by atoms with Gasteiger partial charge in [0.15, 0.2) is 11.6 Å². The Labute approximate surface area is 174 Å². The molecule has 0 saturated carbocycles. The third-order valence-electron chi connectivity index (χ3n) is 5.11. The predicted octanol–water partition coefficient (Wildman–Crippen LogP) is 3.29. The Hall–Kier alpha value is -2.42. The molecular weight excluding hydrogens is 412 g/mol. The Bertz CT molecular complexity index is 1160. The number of nitrogens with one attached hydrogen (secondary N) is 1. The van der Waals surface area contributed by atoms with E-state index in [1.165, 1.54) is 12.1 Å². The number of hydrogen-bond donors (Lipinski definition) is 2. The molecule has 0 amide bonds. The molecule has 1 aliphatic heterocycles. The van der Waals surface area contributed by atoms with E-state index in [0.29, 0.717) is 35.0 Å². The number of piperidine rings is 1. The molecule has 2 aromatic carbocycles. The molecule has 0 aliphatic carbocycles. The highest BCUT2D eigenvalue weighted by Gasteiger charge is 2.28. The second kappa shape index (κ2) is 7.78. The Kier molecular flexibility index (Phi) is 5.33. The molecule has 1 saturated heterocycles. The van der Waals surface area contributed by atoms with E-state index < -0.39 is 16.1 Å². The summed E-state index contributed by atoms with van der Waals surface area (Å²) in [5, 5.41) is 10.6. The molecule has 7 nitrogen and oxygen atoms in total. The maximum absolute atomic E-state index is 12.9. The summed E-state index contributed by atoms with van der Waals surface area (Å²) in [7, 11) is -3.92. The van der Waals surface area contributed by atoms with Gasteiger partial charge in [0.05, 0.1) is 22.0 Å². The van der Waals surface area contributed by atoms with Gasteiger partial charge in [-0.05, 0) is 42.7 Å². The van der Waals surface area contributed by atoms with Crippen LogP contribution in [0.15, 0.2) is 53.4 Å². The number of halogens is 1. The van der Waals surface area contributed by atoms with Crippen LogP contribution in [-0.4, -0.2) is 42.7 Å². The van der Waals surface area contributed by atoms with Crippen LogP contribution in [0.3, 0.4) is 0 Å². The van der Waals surface area contributed by atoms with Crippen molar-refractivity contribution in [3.8, 4) is 0 Å². The number of aliphatic hydroxyl groups excluding tert-OH is 1. The summed E-state index contributed by atoms with van der Waals surface area (Å²) in [4.78, 5) is 11.1. The molecule has 4 rings (SSSR count). The lowest BCUT2D eigenvalue weighted by Gasteiger charge is -2.35. The van der Waals surface area contributed by atoms with Crippen molar-refractivity contribution in [3.63, 3.8) is 0 Å². The van der Waals surface area contributed by atoms with Gasteiger partial charge < -0.3 is 10.0 Å². The number of fused-ring (bicyclic) bond motifs is 1. The Morgan fingerprint density at radius 2 is 1.86 bits per heavy atom. The van der Waals surface area contributed by atoms with Gasteiger partial charge in [-0.2, -0.15) is 0 Å². The van der Waals surface area contributed by atoms with Gasteiger partial charge >= 0.3 is 0 Å². The number of nitrogens with zero attached hydrogens (tertiary/aromatic N) is 3. The summed E-state index contributed by atoms with van der Waals surface area (Å²) in [6, 6.07) is 13.3. The summed E-state index contributed by atoms with van der Waals surface area (Å²) in [6.07, 6.45) is 0.255. The summed E-state index contributed by atoms with van der Waals surface area (Å²) >= 11 is 5.96. The molecule has 2 unspecified atom stereocenters. The molecule has 0 spiro atoms. The normalized spacial score (nSPS) is 20.0. The van der Waals surface area contributed by atoms with Crippen molar-refractivity contribution >= 4 is 44.3 Å². The van der Waals surface area contributed by atoms with Crippen molar-refractivity contribution < 1.29 is 13.5 Å². The zero-order chi connectivity index (χ0) is 20.6. The smallest absolute Gasteiger partial charge is 0.263 e. The fourth-order valence-electron chi connectivity index (χ4n) is 3.34. The van der Waals surface area contributed by atoms with Crippen LogP contribution in [0.4, 0.5) is 11.6 Å². The Morgan fingerprint density at radius 3 is 2.55 bits per heavy atom. The molecule has 2 heterocycles. The summed E-state index contributed by atoms with van der Waals surface area (Å²) in [5.74, 6) is 0.706. The summed E-state index contributed by atoms with van der Waals surface area (Å²) in [5.41, 5.74) is 1.23. The lowest BCUT2D eigenvalue weighted by molar-refractivity contribution is 0.102. The molecule has 3 aromatic rings. The fraction of sp³-hybridized carbons (Fsp3) is 0.300. The maximum atomic E-state index is 12.9. The highest BCUT2D eigenvalue weighted by atomic mass is 35.5. The Morgan fingerprint density at radius 1 is 1.14 bits per heavy atom. The van der Waals surface area contributed by atoms with Crippen molar-refractivity contribution in [2.24, 2.45) is 5.92 Å². The third kappa shape index (κ3) is 4.14. The van der Waals surface area contributed by atoms with Gasteiger partial charge in [0.1, 0.15) is 0 Å². The molecule has 9 heteroatoms. The van der Waals surface area contributed by atoms with Gasteiger partial charge in [-0.1, -0.05) is 36.7 Å². The van der Waals surface area contributed by atoms with E-state index >= 15 is 0 Å². The average molecular weight is 433 g/mol. The van der Waals surface area contributed by atoms with Gasteiger partial charge in [0.25, 0.3) is 10.0 Å². The second-order valence-corrected chi connectivity index (χ2v) is 9.35. The largest absolute Gasteiger partial charge is 0.391 e. The van der Waals surface area contributed by atoms with Crippen LogP contribution in [-0.2, 0) is 10.0 Å². The molecule has 1 aliphatic rings. The number of hydrogen-bond acceptors (Lipinski definition) is 6. The maximum Gasteiger partial charge on any atom is 0.263 e. The second-order valence-electron chi connectivity index (χ2n) is 7.23. The molecule has 152 valence electrons. The van der Waals surface area contributed by atoms with Crippen LogP contribution in [0.2, 0.25) is 5.02 Å². The molecule has 1 fully saturated rings. The number of sulfonamides is 1. The number of para-hydroxylation sites is 2. The number of aromatic nitrogens is 2. The molecule has 2 N–H and O–H groups in total. The van der Waals surface area contributed by atoms with Crippen LogP contribution in [0.5, 0.6) is 0 Å².